The highest BCUT2D eigenvalue weighted by molar-refractivity contribution is 5.99. The van der Waals surface area contributed by atoms with E-state index >= 15 is 4.79 Å². The molecule has 0 aliphatic carbocycles. The number of carbonyl (C=O) groups excluding carboxylic acids is 7. The Morgan fingerprint density at radius 2 is 1.38 bits per heavy atom. The second-order valence-corrected chi connectivity index (χ2v) is 21.2. The van der Waals surface area contributed by atoms with Gasteiger partial charge >= 0.3 is 0 Å². The van der Waals surface area contributed by atoms with Crippen LogP contribution in [0.3, 0.4) is 0 Å². The van der Waals surface area contributed by atoms with Crippen LogP contribution < -0.4 is 31.6 Å². The van der Waals surface area contributed by atoms with Crippen LogP contribution >= 0.6 is 0 Å². The van der Waals surface area contributed by atoms with Crippen LogP contribution in [0.4, 0.5) is 5.69 Å². The summed E-state index contributed by atoms with van der Waals surface area (Å²) in [4.78, 5) is 107. The van der Waals surface area contributed by atoms with E-state index in [2.05, 4.69) is 27.8 Å². The Morgan fingerprint density at radius 3 is 2.00 bits per heavy atom. The number of benzene rings is 2. The molecule has 3 aromatic rings. The number of aliphatic hydroxyl groups excluding tert-OH is 1. The van der Waals surface area contributed by atoms with Gasteiger partial charge in [0.2, 0.25) is 41.4 Å². The van der Waals surface area contributed by atoms with E-state index in [9.17, 15) is 49.4 Å². The molecule has 2 aliphatic rings. The number of nitrogens with one attached hydrogen (secondary N) is 4. The van der Waals surface area contributed by atoms with Gasteiger partial charge in [0, 0.05) is 50.0 Å². The minimum Gasteiger partial charge on any atom is -0.871 e. The lowest BCUT2D eigenvalue weighted by molar-refractivity contribution is -0.268. The van der Waals surface area contributed by atoms with Crippen molar-refractivity contribution in [3.8, 4) is 5.75 Å². The molecule has 1 aromatic heterocycles. The van der Waals surface area contributed by atoms with Crippen molar-refractivity contribution in [2.75, 3.05) is 19.3 Å². The maximum Gasteiger partial charge on any atom is 0.248 e. The number of fused-ring (bicyclic) bond motifs is 3. The Kier molecular flexibility index (Phi) is 19.3. The second kappa shape index (κ2) is 24.5. The molecule has 2 fully saturated rings. The molecule has 7 N–H and O–H groups in total. The van der Waals surface area contributed by atoms with Crippen LogP contribution in [-0.4, -0.2) is 139 Å². The van der Waals surface area contributed by atoms with Crippen LogP contribution in [0.15, 0.2) is 73.5 Å². The van der Waals surface area contributed by atoms with E-state index in [0.717, 1.165) is 32.8 Å². The van der Waals surface area contributed by atoms with Gasteiger partial charge in [0.1, 0.15) is 48.5 Å². The Balaban J connectivity index is 1.71. The summed E-state index contributed by atoms with van der Waals surface area (Å²) in [6.45, 7) is 20.2. The van der Waals surface area contributed by atoms with Crippen LogP contribution in [-0.2, 0) is 51.9 Å². The van der Waals surface area contributed by atoms with Gasteiger partial charge in [-0.3, -0.25) is 44.0 Å². The lowest BCUT2D eigenvalue weighted by Gasteiger charge is -2.46. The van der Waals surface area contributed by atoms with E-state index in [1.54, 1.807) is 32.1 Å². The molecule has 74 heavy (non-hydrogen) atoms. The zero-order valence-corrected chi connectivity index (χ0v) is 44.5. The molecule has 2 bridgehead atoms. The van der Waals surface area contributed by atoms with Gasteiger partial charge in [0.05, 0.1) is 11.2 Å². The van der Waals surface area contributed by atoms with Crippen molar-refractivity contribution in [1.29, 1.82) is 0 Å². The molecule has 2 aliphatic heterocycles. The molecule has 9 unspecified atom stereocenters. The van der Waals surface area contributed by atoms with Gasteiger partial charge < -0.3 is 50.7 Å². The number of nitrogens with zero attached hydrogens (tertiary/aromatic N) is 5. The summed E-state index contributed by atoms with van der Waals surface area (Å²) in [7, 11) is 2.79. The third-order valence-corrected chi connectivity index (χ3v) is 14.1. The van der Waals surface area contributed by atoms with Crippen molar-refractivity contribution < 1.29 is 54.2 Å². The van der Waals surface area contributed by atoms with Gasteiger partial charge in [-0.2, -0.15) is 0 Å². The Hall–Kier alpha value is -6.77. The summed E-state index contributed by atoms with van der Waals surface area (Å²) in [5, 5.41) is 55.4. The average Bonchev–Trinajstić information content (AvgIpc) is 3.72. The lowest BCUT2D eigenvalue weighted by atomic mass is 9.89. The topological polar surface area (TPSA) is 269 Å². The smallest absolute Gasteiger partial charge is 0.248 e. The Labute approximate surface area is 433 Å². The summed E-state index contributed by atoms with van der Waals surface area (Å²) < 4.78 is 2.01. The Morgan fingerprint density at radius 1 is 0.784 bits per heavy atom. The molecule has 20 nitrogen and oxygen atoms in total. The van der Waals surface area contributed by atoms with Crippen molar-refractivity contribution in [1.82, 2.24) is 40.5 Å². The van der Waals surface area contributed by atoms with Crippen molar-refractivity contribution in [2.45, 2.75) is 155 Å². The fourth-order valence-corrected chi connectivity index (χ4v) is 9.74. The van der Waals surface area contributed by atoms with Gasteiger partial charge in [-0.1, -0.05) is 88.9 Å². The summed E-state index contributed by atoms with van der Waals surface area (Å²) in [6.07, 6.45) is 5.23. The number of rotatable bonds is 13. The van der Waals surface area contributed by atoms with Gasteiger partial charge in [-0.05, 0) is 88.5 Å². The normalized spacial score (nSPS) is 25.5. The SMILES string of the molecule is C=CC(C)(C)n1cc(CC2NC(=O)C(CC=CC)NC(=O)C(CC(C)C)N3C(=O)C(CC(C)C3O)N(C)C(=O)C(C)NC(=O)C(Cc3ccc([O-])c(N(O)O)c3)NC(=O)C(CC(C)C)N(C)C2=O)c2ccccc21. The first kappa shape index (κ1) is 58.1. The zero-order chi connectivity index (χ0) is 55.1. The zero-order valence-electron chi connectivity index (χ0n) is 44.5. The molecule has 2 aromatic carbocycles. The molecule has 0 spiro atoms. The number of hydrogen-bond acceptors (Lipinski definition) is 12. The molecule has 20 heteroatoms. The maximum absolute atomic E-state index is 15.3. The van der Waals surface area contributed by atoms with Gasteiger partial charge in [0.25, 0.3) is 0 Å². The molecular formula is C54H76N9O11-. The number of likely N-dealkylation sites (N-methyl/N-ethyl adjacent to an activating group) is 2. The van der Waals surface area contributed by atoms with Crippen LogP contribution in [0.5, 0.6) is 5.75 Å². The van der Waals surface area contributed by atoms with E-state index < -0.39 is 113 Å². The highest BCUT2D eigenvalue weighted by Gasteiger charge is 2.48. The number of anilines is 1. The largest absolute Gasteiger partial charge is 0.871 e. The predicted molar refractivity (Wildman–Crippen MR) is 276 cm³/mol. The molecule has 0 radical (unpaired) electrons. The van der Waals surface area contributed by atoms with Gasteiger partial charge in [-0.15, -0.1) is 11.8 Å². The van der Waals surface area contributed by atoms with Crippen molar-refractivity contribution in [3.05, 3.63) is 84.6 Å². The highest BCUT2D eigenvalue weighted by atomic mass is 16.8. The number of piperidine rings is 1. The molecule has 0 saturated carbocycles. The van der Waals surface area contributed by atoms with E-state index in [0.29, 0.717) is 5.56 Å². The predicted octanol–water partition coefficient (Wildman–Crippen LogP) is 3.25. The molecule has 2 saturated heterocycles. The average molecular weight is 1030 g/mol. The van der Waals surface area contributed by atoms with Crippen LogP contribution in [0.2, 0.25) is 0 Å². The number of amides is 7. The first-order chi connectivity index (χ1) is 34.7. The minimum atomic E-state index is -1.51. The monoisotopic (exact) mass is 1030 g/mol. The van der Waals surface area contributed by atoms with Crippen molar-refractivity contribution in [3.63, 3.8) is 0 Å². The quantitative estimate of drug-likeness (QED) is 0.0961. The van der Waals surface area contributed by atoms with Crippen molar-refractivity contribution in [2.24, 2.45) is 17.8 Å². The van der Waals surface area contributed by atoms with Crippen LogP contribution in [0.25, 0.3) is 10.9 Å². The number of aromatic nitrogens is 1. The lowest BCUT2D eigenvalue weighted by Crippen LogP contribution is -2.66. The minimum absolute atomic E-state index is 0.00482. The molecule has 7 amide bonds. The Bertz CT molecular complexity index is 2590. The highest BCUT2D eigenvalue weighted by Crippen LogP contribution is 2.32. The summed E-state index contributed by atoms with van der Waals surface area (Å²) in [5.74, 6) is -7.14. The van der Waals surface area contributed by atoms with E-state index in [1.165, 1.54) is 32.0 Å². The maximum atomic E-state index is 15.3. The third kappa shape index (κ3) is 13.3. The van der Waals surface area contributed by atoms with Crippen molar-refractivity contribution >= 4 is 57.9 Å². The fraction of sp³-hybridized carbons (Fsp3) is 0.537. The summed E-state index contributed by atoms with van der Waals surface area (Å²) in [6, 6.07) is 1.75. The molecule has 5 rings (SSSR count). The standard InChI is InChI=1S/C54H77N9O11/c1-13-15-19-37-46(65)58-39(28-35-29-61(54(9,10)14-2)40-20-17-16-18-36(35)40)52(71)59(11)42(23-30(3)4)48(67)57-38(26-34-21-22-45(64)41(27-34)63(73)74)47(66)55-33(8)51(70)60(12)44-25-32(7)50(69)62(53(44)72)43(24-31(5)6)49(68)56-37/h13-18,20-22,27,29-33,37-39,42-44,50,64,69,73-74H,2,19,23-26,28H2,1,3-12H3,(H,55,66)(H,56,68)(H,57,67)(H,58,65)/p-1. The molecular weight excluding hydrogens is 951 g/mol. The summed E-state index contributed by atoms with van der Waals surface area (Å²) in [5.41, 5.74) is 0.565. The fourth-order valence-electron chi connectivity index (χ4n) is 9.74. The van der Waals surface area contributed by atoms with Gasteiger partial charge in [-0.25, -0.2) is 0 Å². The molecule has 404 valence electrons. The molecule has 9 atom stereocenters. The number of para-hydroxylation sites is 1. The number of allylic oxidation sites excluding steroid dienone is 2. The summed E-state index contributed by atoms with van der Waals surface area (Å²) >= 11 is 0. The number of carbonyl (C=O) groups is 7. The second-order valence-electron chi connectivity index (χ2n) is 21.2. The first-order valence-corrected chi connectivity index (χ1v) is 25.3. The van der Waals surface area contributed by atoms with E-state index in [4.69, 9.17) is 0 Å². The first-order valence-electron chi connectivity index (χ1n) is 25.3. The van der Waals surface area contributed by atoms with Crippen LogP contribution in [0, 0.1) is 17.8 Å². The number of aliphatic hydroxyl groups is 1. The third-order valence-electron chi connectivity index (χ3n) is 14.1. The van der Waals surface area contributed by atoms with Crippen LogP contribution in [0.1, 0.15) is 99.1 Å². The number of hydrogen-bond donors (Lipinski definition) is 7. The van der Waals surface area contributed by atoms with E-state index in [1.807, 2.05) is 76.6 Å². The van der Waals surface area contributed by atoms with Gasteiger partial charge in [0.15, 0.2) is 0 Å². The van der Waals surface area contributed by atoms with E-state index in [-0.39, 0.29) is 61.2 Å². The molecule has 3 heterocycles.